The molecular weight excluding hydrogens is 150 g/mol. The van der Waals surface area contributed by atoms with E-state index in [1.807, 2.05) is 0 Å². The molecule has 1 saturated heterocycles. The Balaban J connectivity index is 1.85. The van der Waals surface area contributed by atoms with Gasteiger partial charge >= 0.3 is 0 Å². The summed E-state index contributed by atoms with van der Waals surface area (Å²) in [5, 5.41) is 3.31. The van der Waals surface area contributed by atoms with E-state index in [-0.39, 0.29) is 0 Å². The van der Waals surface area contributed by atoms with Crippen LogP contribution in [0.2, 0.25) is 0 Å². The second-order valence-corrected chi connectivity index (χ2v) is 3.24. The Hall–Kier alpha value is -0.520. The van der Waals surface area contributed by atoms with Crippen LogP contribution in [-0.4, -0.2) is 26.3 Å². The fourth-order valence-electron chi connectivity index (χ4n) is 1.38. The molecule has 1 rings (SSSR count). The lowest BCUT2D eigenvalue weighted by molar-refractivity contribution is 0.104. The molecule has 0 aromatic carbocycles. The molecule has 0 radical (unpaired) electrons. The summed E-state index contributed by atoms with van der Waals surface area (Å²) in [4.78, 5) is 0. The van der Waals surface area contributed by atoms with Gasteiger partial charge in [0.25, 0.3) is 0 Å². The molecule has 0 aromatic rings. The molecule has 68 valence electrons. The van der Waals surface area contributed by atoms with E-state index in [0.29, 0.717) is 0 Å². The van der Waals surface area contributed by atoms with Crippen molar-refractivity contribution < 1.29 is 4.74 Å². The van der Waals surface area contributed by atoms with E-state index in [1.165, 1.54) is 6.42 Å². The fourth-order valence-corrected chi connectivity index (χ4v) is 1.38. The van der Waals surface area contributed by atoms with Crippen LogP contribution in [0.15, 0.2) is 0 Å². The zero-order valence-corrected chi connectivity index (χ0v) is 7.51. The first-order valence-corrected chi connectivity index (χ1v) is 4.65. The van der Waals surface area contributed by atoms with Crippen LogP contribution in [0, 0.1) is 18.3 Å². The standard InChI is InChI=1S/C10H17NO/c1-2-3-4-7-12-9-10-5-6-11-8-10/h1,10-11H,3-9H2. The third kappa shape index (κ3) is 3.75. The van der Waals surface area contributed by atoms with E-state index in [9.17, 15) is 0 Å². The van der Waals surface area contributed by atoms with Crippen molar-refractivity contribution in [2.75, 3.05) is 26.3 Å². The molecular formula is C10H17NO. The smallest absolute Gasteiger partial charge is 0.0506 e. The van der Waals surface area contributed by atoms with Crippen molar-refractivity contribution in [3.8, 4) is 12.3 Å². The van der Waals surface area contributed by atoms with Gasteiger partial charge in [-0.1, -0.05) is 0 Å². The van der Waals surface area contributed by atoms with Gasteiger partial charge in [-0.15, -0.1) is 12.3 Å². The molecule has 0 amide bonds. The Kier molecular flexibility index (Phi) is 4.82. The minimum Gasteiger partial charge on any atom is -0.381 e. The topological polar surface area (TPSA) is 21.3 Å². The van der Waals surface area contributed by atoms with Crippen LogP contribution >= 0.6 is 0 Å². The number of ether oxygens (including phenoxy) is 1. The monoisotopic (exact) mass is 167 g/mol. The molecule has 1 atom stereocenters. The zero-order chi connectivity index (χ0) is 8.65. The summed E-state index contributed by atoms with van der Waals surface area (Å²) >= 11 is 0. The van der Waals surface area contributed by atoms with Crippen LogP contribution in [0.4, 0.5) is 0 Å². The summed E-state index contributed by atoms with van der Waals surface area (Å²) in [7, 11) is 0. The number of terminal acetylenes is 1. The molecule has 0 saturated carbocycles. The highest BCUT2D eigenvalue weighted by Crippen LogP contribution is 2.07. The molecule has 0 spiro atoms. The van der Waals surface area contributed by atoms with Gasteiger partial charge in [0.15, 0.2) is 0 Å². The summed E-state index contributed by atoms with van der Waals surface area (Å²) in [5.74, 6) is 3.34. The Morgan fingerprint density at radius 1 is 1.58 bits per heavy atom. The second-order valence-electron chi connectivity index (χ2n) is 3.24. The minimum atomic E-state index is 0.732. The van der Waals surface area contributed by atoms with Crippen LogP contribution in [0.1, 0.15) is 19.3 Å². The molecule has 1 heterocycles. The van der Waals surface area contributed by atoms with Gasteiger partial charge in [0, 0.05) is 19.6 Å². The maximum Gasteiger partial charge on any atom is 0.0506 e. The summed E-state index contributed by atoms with van der Waals surface area (Å²) in [6.07, 6.45) is 8.21. The van der Waals surface area contributed by atoms with Crippen LogP contribution in [0.5, 0.6) is 0 Å². The Morgan fingerprint density at radius 3 is 3.17 bits per heavy atom. The van der Waals surface area contributed by atoms with Gasteiger partial charge in [0.05, 0.1) is 6.61 Å². The van der Waals surface area contributed by atoms with Gasteiger partial charge in [0.1, 0.15) is 0 Å². The highest BCUT2D eigenvalue weighted by Gasteiger charge is 2.13. The summed E-state index contributed by atoms with van der Waals surface area (Å²) in [5.41, 5.74) is 0. The average Bonchev–Trinajstić information content (AvgIpc) is 2.57. The second kappa shape index (κ2) is 6.05. The molecule has 2 nitrogen and oxygen atoms in total. The maximum absolute atomic E-state index is 5.48. The third-order valence-electron chi connectivity index (χ3n) is 2.13. The molecule has 1 aliphatic rings. The maximum atomic E-state index is 5.48. The number of nitrogens with one attached hydrogen (secondary N) is 1. The predicted molar refractivity (Wildman–Crippen MR) is 49.9 cm³/mol. The largest absolute Gasteiger partial charge is 0.381 e. The van der Waals surface area contributed by atoms with Crippen LogP contribution in [0.25, 0.3) is 0 Å². The lowest BCUT2D eigenvalue weighted by atomic mass is 10.1. The molecule has 0 aliphatic carbocycles. The number of unbranched alkanes of at least 4 members (excludes halogenated alkanes) is 1. The molecule has 2 heteroatoms. The predicted octanol–water partition coefficient (Wildman–Crippen LogP) is 1.03. The molecule has 1 unspecified atom stereocenters. The van der Waals surface area contributed by atoms with Crippen molar-refractivity contribution in [3.63, 3.8) is 0 Å². The van der Waals surface area contributed by atoms with Gasteiger partial charge in [-0.2, -0.15) is 0 Å². The van der Waals surface area contributed by atoms with Crippen molar-refractivity contribution in [1.82, 2.24) is 5.32 Å². The molecule has 12 heavy (non-hydrogen) atoms. The first kappa shape index (κ1) is 9.57. The average molecular weight is 167 g/mol. The first-order valence-electron chi connectivity index (χ1n) is 4.65. The van der Waals surface area contributed by atoms with E-state index < -0.39 is 0 Å². The summed E-state index contributed by atoms with van der Waals surface area (Å²) < 4.78 is 5.48. The Morgan fingerprint density at radius 2 is 2.50 bits per heavy atom. The van der Waals surface area contributed by atoms with Crippen LogP contribution < -0.4 is 5.32 Å². The molecule has 1 N–H and O–H groups in total. The fraction of sp³-hybridized carbons (Fsp3) is 0.800. The SMILES string of the molecule is C#CCCCOCC1CCNC1. The quantitative estimate of drug-likeness (QED) is 0.487. The third-order valence-corrected chi connectivity index (χ3v) is 2.13. The van der Waals surface area contributed by atoms with Gasteiger partial charge in [0.2, 0.25) is 0 Å². The lowest BCUT2D eigenvalue weighted by Gasteiger charge is -2.07. The van der Waals surface area contributed by atoms with E-state index in [4.69, 9.17) is 11.2 Å². The van der Waals surface area contributed by atoms with Gasteiger partial charge < -0.3 is 10.1 Å². The Labute approximate surface area is 74.7 Å². The Bertz CT molecular complexity index is 144. The van der Waals surface area contributed by atoms with Crippen molar-refractivity contribution in [3.05, 3.63) is 0 Å². The number of rotatable bonds is 5. The van der Waals surface area contributed by atoms with E-state index in [1.54, 1.807) is 0 Å². The van der Waals surface area contributed by atoms with Crippen LogP contribution in [0.3, 0.4) is 0 Å². The number of hydrogen-bond donors (Lipinski definition) is 1. The zero-order valence-electron chi connectivity index (χ0n) is 7.51. The van der Waals surface area contributed by atoms with E-state index in [2.05, 4.69) is 11.2 Å². The molecule has 0 aromatic heterocycles. The highest BCUT2D eigenvalue weighted by molar-refractivity contribution is 4.82. The van der Waals surface area contributed by atoms with Gasteiger partial charge in [-0.25, -0.2) is 0 Å². The summed E-state index contributed by atoms with van der Waals surface area (Å²) in [6, 6.07) is 0. The molecule has 1 aliphatic heterocycles. The lowest BCUT2D eigenvalue weighted by Crippen LogP contribution is -2.14. The van der Waals surface area contributed by atoms with Crippen molar-refractivity contribution in [2.24, 2.45) is 5.92 Å². The first-order chi connectivity index (χ1) is 5.93. The van der Waals surface area contributed by atoms with Gasteiger partial charge in [-0.3, -0.25) is 0 Å². The van der Waals surface area contributed by atoms with Crippen molar-refractivity contribution >= 4 is 0 Å². The molecule has 1 fully saturated rings. The normalized spacial score (nSPS) is 22.4. The molecule has 0 bridgehead atoms. The van der Waals surface area contributed by atoms with Crippen molar-refractivity contribution in [2.45, 2.75) is 19.3 Å². The van der Waals surface area contributed by atoms with E-state index >= 15 is 0 Å². The summed E-state index contributed by atoms with van der Waals surface area (Å²) in [6.45, 7) is 3.99. The number of hydrogen-bond acceptors (Lipinski definition) is 2. The highest BCUT2D eigenvalue weighted by atomic mass is 16.5. The van der Waals surface area contributed by atoms with E-state index in [0.717, 1.165) is 45.1 Å². The van der Waals surface area contributed by atoms with Crippen molar-refractivity contribution in [1.29, 1.82) is 0 Å². The van der Waals surface area contributed by atoms with Gasteiger partial charge in [-0.05, 0) is 25.3 Å². The van der Waals surface area contributed by atoms with Crippen LogP contribution in [-0.2, 0) is 4.74 Å². The minimum absolute atomic E-state index is 0.732.